The fourth-order valence-corrected chi connectivity index (χ4v) is 4.36. The van der Waals surface area contributed by atoms with Crippen molar-refractivity contribution < 1.29 is 0 Å². The molecule has 1 fully saturated rings. The molecule has 2 aromatic rings. The Morgan fingerprint density at radius 3 is 2.35 bits per heavy atom. The highest BCUT2D eigenvalue weighted by molar-refractivity contribution is 5.43. The zero-order chi connectivity index (χ0) is 13.5. The van der Waals surface area contributed by atoms with Gasteiger partial charge in [0, 0.05) is 19.0 Å². The van der Waals surface area contributed by atoms with E-state index in [0.717, 1.165) is 11.8 Å². The quantitative estimate of drug-likeness (QED) is 0.755. The Kier molecular flexibility index (Phi) is 2.89. The number of likely N-dealkylation sites (tertiary alicyclic amines) is 1. The molecular weight excluding hydrogens is 242 g/mol. The SMILES string of the molecule is CN1CC2CC(C1)C(c1ccccc1)c1ccccc12. The van der Waals surface area contributed by atoms with Crippen molar-refractivity contribution in [1.29, 1.82) is 0 Å². The Hall–Kier alpha value is -1.60. The molecule has 1 aliphatic carbocycles. The Morgan fingerprint density at radius 2 is 1.55 bits per heavy atom. The summed E-state index contributed by atoms with van der Waals surface area (Å²) in [6.07, 6.45) is 1.35. The lowest BCUT2D eigenvalue weighted by Gasteiger charge is -2.45. The minimum Gasteiger partial charge on any atom is -0.305 e. The van der Waals surface area contributed by atoms with Crippen LogP contribution in [0, 0.1) is 5.92 Å². The first-order valence-corrected chi connectivity index (χ1v) is 7.65. The van der Waals surface area contributed by atoms with Gasteiger partial charge in [0.1, 0.15) is 0 Å². The summed E-state index contributed by atoms with van der Waals surface area (Å²) in [5.74, 6) is 2.07. The molecule has 102 valence electrons. The molecule has 0 spiro atoms. The average Bonchev–Trinajstić information content (AvgIpc) is 2.48. The predicted molar refractivity (Wildman–Crippen MR) is 83.1 cm³/mol. The van der Waals surface area contributed by atoms with Crippen LogP contribution in [0.3, 0.4) is 0 Å². The number of nitrogens with zero attached hydrogens (tertiary/aromatic N) is 1. The second kappa shape index (κ2) is 4.75. The fourth-order valence-electron chi connectivity index (χ4n) is 4.36. The van der Waals surface area contributed by atoms with E-state index in [0.29, 0.717) is 5.92 Å². The number of fused-ring (bicyclic) bond motifs is 4. The standard InChI is InChI=1S/C19H21N/c1-20-12-15-11-16(13-20)19(14-7-3-2-4-8-14)18-10-6-5-9-17(15)18/h2-10,15-16,19H,11-13H2,1H3. The van der Waals surface area contributed by atoms with Crippen molar-refractivity contribution in [1.82, 2.24) is 4.90 Å². The first kappa shape index (κ1) is 12.2. The van der Waals surface area contributed by atoms with Crippen molar-refractivity contribution in [2.45, 2.75) is 18.3 Å². The molecule has 3 unspecified atom stereocenters. The lowest BCUT2D eigenvalue weighted by molar-refractivity contribution is 0.161. The average molecular weight is 263 g/mol. The van der Waals surface area contributed by atoms with Gasteiger partial charge in [0.25, 0.3) is 0 Å². The number of benzene rings is 2. The third kappa shape index (κ3) is 1.89. The number of rotatable bonds is 1. The Bertz CT molecular complexity index is 604. The van der Waals surface area contributed by atoms with Crippen molar-refractivity contribution in [3.05, 3.63) is 71.3 Å². The summed E-state index contributed by atoms with van der Waals surface area (Å²) in [7, 11) is 2.27. The van der Waals surface area contributed by atoms with Crippen molar-refractivity contribution >= 4 is 0 Å². The smallest absolute Gasteiger partial charge is 0.0133 e. The normalized spacial score (nSPS) is 28.9. The van der Waals surface area contributed by atoms with Crippen molar-refractivity contribution in [3.63, 3.8) is 0 Å². The minimum atomic E-state index is 0.575. The molecule has 0 radical (unpaired) electrons. The van der Waals surface area contributed by atoms with Gasteiger partial charge >= 0.3 is 0 Å². The van der Waals surface area contributed by atoms with E-state index in [-0.39, 0.29) is 0 Å². The molecule has 1 nitrogen and oxygen atoms in total. The molecule has 4 rings (SSSR count). The van der Waals surface area contributed by atoms with Gasteiger partial charge < -0.3 is 4.90 Å². The molecule has 2 aromatic carbocycles. The van der Waals surface area contributed by atoms with Crippen LogP contribution in [-0.4, -0.2) is 25.0 Å². The van der Waals surface area contributed by atoms with E-state index in [1.165, 1.54) is 25.1 Å². The van der Waals surface area contributed by atoms with Gasteiger partial charge in [-0.05, 0) is 42.0 Å². The van der Waals surface area contributed by atoms with Gasteiger partial charge in [-0.25, -0.2) is 0 Å². The summed E-state index contributed by atoms with van der Waals surface area (Å²) in [6, 6.07) is 20.2. The number of hydrogen-bond acceptors (Lipinski definition) is 1. The van der Waals surface area contributed by atoms with E-state index < -0.39 is 0 Å². The van der Waals surface area contributed by atoms with Crippen LogP contribution in [0.1, 0.15) is 34.9 Å². The lowest BCUT2D eigenvalue weighted by atomic mass is 9.66. The van der Waals surface area contributed by atoms with Crippen molar-refractivity contribution in [3.8, 4) is 0 Å². The molecule has 0 amide bonds. The molecule has 1 saturated heterocycles. The molecule has 1 aliphatic heterocycles. The van der Waals surface area contributed by atoms with Gasteiger partial charge in [-0.3, -0.25) is 0 Å². The Labute approximate surface area is 121 Å². The fraction of sp³-hybridized carbons (Fsp3) is 0.368. The van der Waals surface area contributed by atoms with Gasteiger partial charge in [0.05, 0.1) is 0 Å². The molecule has 0 saturated carbocycles. The largest absolute Gasteiger partial charge is 0.305 e. The van der Waals surface area contributed by atoms with Gasteiger partial charge in [-0.15, -0.1) is 0 Å². The second-order valence-corrected chi connectivity index (χ2v) is 6.43. The maximum absolute atomic E-state index is 2.52. The first-order valence-electron chi connectivity index (χ1n) is 7.65. The summed E-state index contributed by atoms with van der Waals surface area (Å²) in [5.41, 5.74) is 4.65. The molecule has 0 aromatic heterocycles. The molecule has 20 heavy (non-hydrogen) atoms. The van der Waals surface area contributed by atoms with E-state index in [1.54, 1.807) is 11.1 Å². The first-order chi connectivity index (χ1) is 9.83. The summed E-state index contributed by atoms with van der Waals surface area (Å²) < 4.78 is 0. The predicted octanol–water partition coefficient (Wildman–Crippen LogP) is 3.87. The lowest BCUT2D eigenvalue weighted by Crippen LogP contribution is -2.42. The molecule has 1 heteroatoms. The third-order valence-corrected chi connectivity index (χ3v) is 5.07. The topological polar surface area (TPSA) is 3.24 Å². The van der Waals surface area contributed by atoms with Crippen molar-refractivity contribution in [2.75, 3.05) is 20.1 Å². The number of hydrogen-bond donors (Lipinski definition) is 0. The van der Waals surface area contributed by atoms with E-state index in [1.807, 2.05) is 0 Å². The Morgan fingerprint density at radius 1 is 0.850 bits per heavy atom. The highest BCUT2D eigenvalue weighted by atomic mass is 15.1. The van der Waals surface area contributed by atoms with E-state index in [4.69, 9.17) is 0 Å². The van der Waals surface area contributed by atoms with Crippen molar-refractivity contribution in [2.24, 2.45) is 5.92 Å². The second-order valence-electron chi connectivity index (χ2n) is 6.43. The molecular formula is C19H21N. The van der Waals surface area contributed by atoms with Crippen LogP contribution in [0.2, 0.25) is 0 Å². The maximum atomic E-state index is 2.52. The highest BCUT2D eigenvalue weighted by Crippen LogP contribution is 2.48. The van der Waals surface area contributed by atoms with Crippen LogP contribution >= 0.6 is 0 Å². The van der Waals surface area contributed by atoms with Gasteiger partial charge in [0.2, 0.25) is 0 Å². The van der Waals surface area contributed by atoms with Crippen LogP contribution < -0.4 is 0 Å². The summed E-state index contributed by atoms with van der Waals surface area (Å²) >= 11 is 0. The van der Waals surface area contributed by atoms with E-state index >= 15 is 0 Å². The van der Waals surface area contributed by atoms with Crippen LogP contribution in [0.15, 0.2) is 54.6 Å². The zero-order valence-electron chi connectivity index (χ0n) is 12.0. The Balaban J connectivity index is 1.86. The van der Waals surface area contributed by atoms with Gasteiger partial charge in [-0.1, -0.05) is 54.6 Å². The summed E-state index contributed by atoms with van der Waals surface area (Å²) in [4.78, 5) is 2.52. The number of likely N-dealkylation sites (N-methyl/N-ethyl adjacent to an activating group) is 1. The van der Waals surface area contributed by atoms with Crippen LogP contribution in [0.25, 0.3) is 0 Å². The van der Waals surface area contributed by atoms with E-state index in [9.17, 15) is 0 Å². The monoisotopic (exact) mass is 263 g/mol. The van der Waals surface area contributed by atoms with Gasteiger partial charge in [0.15, 0.2) is 0 Å². The molecule has 0 N–H and O–H groups in total. The molecule has 2 bridgehead atoms. The highest BCUT2D eigenvalue weighted by Gasteiger charge is 2.39. The molecule has 3 atom stereocenters. The van der Waals surface area contributed by atoms with Crippen LogP contribution in [0.5, 0.6) is 0 Å². The van der Waals surface area contributed by atoms with E-state index in [2.05, 4.69) is 66.5 Å². The van der Waals surface area contributed by atoms with Crippen LogP contribution in [0.4, 0.5) is 0 Å². The summed E-state index contributed by atoms with van der Waals surface area (Å²) in [6.45, 7) is 2.44. The third-order valence-electron chi connectivity index (χ3n) is 5.07. The summed E-state index contributed by atoms with van der Waals surface area (Å²) in [5, 5.41) is 0. The molecule has 1 heterocycles. The maximum Gasteiger partial charge on any atom is 0.0133 e. The molecule has 2 aliphatic rings. The number of piperidine rings is 1. The minimum absolute atomic E-state index is 0.575. The van der Waals surface area contributed by atoms with Crippen LogP contribution in [-0.2, 0) is 0 Å². The zero-order valence-corrected chi connectivity index (χ0v) is 12.0. The van der Waals surface area contributed by atoms with Gasteiger partial charge in [-0.2, -0.15) is 0 Å².